The number of rotatable bonds is 11. The smallest absolute Gasteiger partial charge is 0.192 e. The summed E-state index contributed by atoms with van der Waals surface area (Å²) in [5.41, 5.74) is 4.87. The third-order valence-electron chi connectivity index (χ3n) is 13.8. The van der Waals surface area contributed by atoms with Gasteiger partial charge in [0.05, 0.1) is 17.8 Å². The molecule has 4 rings (SSSR count). The van der Waals surface area contributed by atoms with E-state index in [9.17, 15) is 0 Å². The van der Waals surface area contributed by atoms with Crippen LogP contribution in [0.2, 0.25) is 36.3 Å². The number of hydrogen-bond acceptors (Lipinski definition) is 4. The Bertz CT molecular complexity index is 1230. The van der Waals surface area contributed by atoms with Crippen molar-refractivity contribution in [1.29, 1.82) is 0 Å². The van der Waals surface area contributed by atoms with Gasteiger partial charge >= 0.3 is 0 Å². The number of methoxy groups -OCH3 is 1. The number of allylic oxidation sites excluding steroid dienone is 4. The molecule has 0 bridgehead atoms. The predicted octanol–water partition coefficient (Wildman–Crippen LogP) is 11.9. The largest absolute Gasteiger partial charge is 0.413 e. The van der Waals surface area contributed by atoms with Crippen molar-refractivity contribution < 1.29 is 18.3 Å². The van der Waals surface area contributed by atoms with Gasteiger partial charge in [-0.3, -0.25) is 0 Å². The summed E-state index contributed by atoms with van der Waals surface area (Å²) in [7, 11) is -2.22. The summed E-state index contributed by atoms with van der Waals surface area (Å²) in [4.78, 5) is 0. The Kier molecular flexibility index (Phi) is 11.4. The highest BCUT2D eigenvalue weighted by atomic mass is 28.4. The van der Waals surface area contributed by atoms with Crippen molar-refractivity contribution in [2.45, 2.75) is 174 Å². The topological polar surface area (TPSA) is 36.9 Å². The summed E-state index contributed by atoms with van der Waals surface area (Å²) in [5, 5.41) is 0.332. The third-order valence-corrected chi connectivity index (χ3v) is 22.8. The second-order valence-corrected chi connectivity index (χ2v) is 29.1. The molecule has 0 aromatic heterocycles. The van der Waals surface area contributed by atoms with Crippen LogP contribution in [0.1, 0.15) is 120 Å². The summed E-state index contributed by atoms with van der Waals surface area (Å²) >= 11 is 0. The van der Waals surface area contributed by atoms with Crippen LogP contribution in [0.3, 0.4) is 0 Å². The lowest BCUT2D eigenvalue weighted by atomic mass is 9.61. The van der Waals surface area contributed by atoms with Crippen molar-refractivity contribution in [2.75, 3.05) is 13.9 Å². The van der Waals surface area contributed by atoms with Crippen LogP contribution in [0, 0.1) is 22.7 Å². The van der Waals surface area contributed by atoms with Crippen LogP contribution in [-0.4, -0.2) is 48.3 Å². The van der Waals surface area contributed by atoms with Gasteiger partial charge in [-0.05, 0) is 135 Å². The highest BCUT2D eigenvalue weighted by molar-refractivity contribution is 6.74. The quantitative estimate of drug-likeness (QED) is 0.123. The zero-order valence-corrected chi connectivity index (χ0v) is 35.0. The summed E-state index contributed by atoms with van der Waals surface area (Å²) in [6, 6.07) is 0. The predicted molar refractivity (Wildman–Crippen MR) is 205 cm³/mol. The monoisotopic (exact) mass is 684 g/mol. The highest BCUT2D eigenvalue weighted by Gasteiger charge is 2.69. The molecule has 4 nitrogen and oxygen atoms in total. The first kappa shape index (κ1) is 39.0. The fourth-order valence-corrected chi connectivity index (χ4v) is 11.2. The van der Waals surface area contributed by atoms with Crippen molar-refractivity contribution in [3.63, 3.8) is 0 Å². The first-order valence-electron chi connectivity index (χ1n) is 18.7. The summed E-state index contributed by atoms with van der Waals surface area (Å²) in [6.45, 7) is 35.6. The maximum absolute atomic E-state index is 7.11. The van der Waals surface area contributed by atoms with E-state index < -0.39 is 16.6 Å². The van der Waals surface area contributed by atoms with Crippen molar-refractivity contribution in [2.24, 2.45) is 22.7 Å². The van der Waals surface area contributed by atoms with E-state index in [-0.39, 0.29) is 27.9 Å². The van der Waals surface area contributed by atoms with Gasteiger partial charge in [0.1, 0.15) is 6.79 Å². The van der Waals surface area contributed by atoms with Crippen LogP contribution < -0.4 is 0 Å². The van der Waals surface area contributed by atoms with Crippen LogP contribution >= 0.6 is 0 Å². The van der Waals surface area contributed by atoms with Crippen molar-refractivity contribution in [1.82, 2.24) is 0 Å². The first-order valence-corrected chi connectivity index (χ1v) is 24.5. The van der Waals surface area contributed by atoms with E-state index in [1.165, 1.54) is 49.7 Å². The molecule has 0 saturated heterocycles. The number of fused-ring (bicyclic) bond motifs is 2. The van der Waals surface area contributed by atoms with E-state index in [0.717, 1.165) is 19.3 Å². The maximum Gasteiger partial charge on any atom is 0.192 e. The van der Waals surface area contributed by atoms with Crippen LogP contribution in [0.25, 0.3) is 0 Å². The molecular formula is C41H72O4Si2. The normalized spacial score (nSPS) is 34.2. The first-order chi connectivity index (χ1) is 21.5. The van der Waals surface area contributed by atoms with Gasteiger partial charge in [-0.1, -0.05) is 84.9 Å². The van der Waals surface area contributed by atoms with Gasteiger partial charge in [-0.2, -0.15) is 0 Å². The molecule has 6 atom stereocenters. The zero-order valence-electron chi connectivity index (χ0n) is 33.0. The molecule has 0 aliphatic heterocycles. The molecule has 268 valence electrons. The van der Waals surface area contributed by atoms with Gasteiger partial charge in [-0.25, -0.2) is 0 Å². The van der Waals surface area contributed by atoms with Crippen LogP contribution in [-0.2, 0) is 18.3 Å². The van der Waals surface area contributed by atoms with Gasteiger partial charge in [0.15, 0.2) is 16.6 Å². The van der Waals surface area contributed by atoms with Crippen molar-refractivity contribution in [3.8, 4) is 0 Å². The fraction of sp³-hybridized carbons (Fsp3) is 0.805. The second kappa shape index (κ2) is 13.7. The van der Waals surface area contributed by atoms with Crippen LogP contribution in [0.15, 0.2) is 47.6 Å². The lowest BCUT2D eigenvalue weighted by Gasteiger charge is -2.45. The maximum atomic E-state index is 7.11. The molecule has 4 aliphatic carbocycles. The molecule has 4 fully saturated rings. The van der Waals surface area contributed by atoms with Gasteiger partial charge in [0, 0.05) is 13.5 Å². The van der Waals surface area contributed by atoms with E-state index in [1.807, 2.05) is 0 Å². The minimum absolute atomic E-state index is 0.0271. The zero-order chi connectivity index (χ0) is 35.3. The molecule has 0 N–H and O–H groups in total. The Hall–Kier alpha value is -0.766. The Morgan fingerprint density at radius 1 is 0.915 bits per heavy atom. The molecule has 0 aromatic rings. The Morgan fingerprint density at radius 3 is 2.17 bits per heavy atom. The average Bonchev–Trinajstić information content (AvgIpc) is 3.56. The van der Waals surface area contributed by atoms with Crippen molar-refractivity contribution in [3.05, 3.63) is 47.6 Å². The van der Waals surface area contributed by atoms with E-state index in [0.29, 0.717) is 29.5 Å². The summed E-state index contributed by atoms with van der Waals surface area (Å²) in [5.74, 6) is 1.39. The Morgan fingerprint density at radius 2 is 1.55 bits per heavy atom. The molecular weight excluding hydrogens is 613 g/mol. The molecule has 0 unspecified atom stereocenters. The summed E-state index contributed by atoms with van der Waals surface area (Å²) in [6.07, 6.45) is 20.8. The molecule has 0 amide bonds. The van der Waals surface area contributed by atoms with Crippen LogP contribution in [0.4, 0.5) is 0 Å². The minimum atomic E-state index is -1.98. The SMILES string of the molecule is C=C1/C(=C\C=C2/CCC[C@@]3(C)[C@H]2CC[C@@]32C[C@@H]2/C=C/CC(C)(C)OCOC)C[C@@H](O[Si](C)(C)C(C)(C)C)C[C@@H]1O[Si](C)(C)C(C)(C)C. The van der Waals surface area contributed by atoms with Gasteiger partial charge < -0.3 is 18.3 Å². The molecule has 47 heavy (non-hydrogen) atoms. The fourth-order valence-electron chi connectivity index (χ4n) is 8.49. The van der Waals surface area contributed by atoms with Crippen molar-refractivity contribution >= 4 is 16.6 Å². The lowest BCUT2D eigenvalue weighted by molar-refractivity contribution is -0.112. The van der Waals surface area contributed by atoms with E-state index in [4.69, 9.17) is 24.9 Å². The molecule has 4 saturated carbocycles. The Labute approximate surface area is 292 Å². The molecule has 4 aliphatic rings. The highest BCUT2D eigenvalue weighted by Crippen LogP contribution is 2.77. The standard InChI is InChI=1S/C41H72O4Si2/c1-30-32(26-34(44-46(12,13)37(2,3)4)27-36(30)45-47(14,15)38(5,6)7)21-20-31-18-16-24-40(10)35(31)22-25-41(40)28-33(41)19-17-23-39(8,9)43-29-42-11/h17,19-21,33-36H,1,16,18,22-29H2,2-15H3/b19-17+,31-20+,32-21-/t33-,34+,35-,36-,40-,41-/m0/s1. The molecule has 0 aromatic carbocycles. The van der Waals surface area contributed by atoms with E-state index in [1.54, 1.807) is 12.7 Å². The molecule has 0 heterocycles. The lowest BCUT2D eigenvalue weighted by Crippen LogP contribution is -2.49. The van der Waals surface area contributed by atoms with Gasteiger partial charge in [0.25, 0.3) is 0 Å². The Balaban J connectivity index is 1.55. The molecule has 6 heteroatoms. The summed E-state index contributed by atoms with van der Waals surface area (Å²) < 4.78 is 25.2. The average molecular weight is 685 g/mol. The van der Waals surface area contributed by atoms with Gasteiger partial charge in [-0.15, -0.1) is 0 Å². The van der Waals surface area contributed by atoms with Crippen LogP contribution in [0.5, 0.6) is 0 Å². The van der Waals surface area contributed by atoms with Gasteiger partial charge in [0.2, 0.25) is 0 Å². The molecule has 1 spiro atoms. The number of ether oxygens (including phenoxy) is 2. The van der Waals surface area contributed by atoms with E-state index >= 15 is 0 Å². The minimum Gasteiger partial charge on any atom is -0.413 e. The van der Waals surface area contributed by atoms with E-state index in [2.05, 4.69) is 113 Å². The molecule has 0 radical (unpaired) electrons. The second-order valence-electron chi connectivity index (χ2n) is 19.5. The number of hydrogen-bond donors (Lipinski definition) is 0. The third kappa shape index (κ3) is 8.25.